The molecule has 7 heteroatoms. The highest BCUT2D eigenvalue weighted by Crippen LogP contribution is 2.78. The molecule has 0 bridgehead atoms. The van der Waals surface area contributed by atoms with Gasteiger partial charge in [-0.05, 0) is 54.6 Å². The quantitative estimate of drug-likeness (QED) is 0.526. The summed E-state index contributed by atoms with van der Waals surface area (Å²) in [5.41, 5.74) is -2.95. The number of allylic oxidation sites excluding steroid dienone is 1. The third kappa shape index (κ3) is 3.01. The van der Waals surface area contributed by atoms with E-state index in [1.807, 2.05) is 34.6 Å². The predicted octanol–water partition coefficient (Wildman–Crippen LogP) is 4.36. The Morgan fingerprint density at radius 1 is 1.05 bits per heavy atom. The Morgan fingerprint density at radius 3 is 2.32 bits per heavy atom. The summed E-state index contributed by atoms with van der Waals surface area (Å²) in [5.74, 6) is -2.33. The Kier molecular flexibility index (Phi) is 5.51. The lowest BCUT2D eigenvalue weighted by atomic mass is 9.40. The Morgan fingerprint density at radius 2 is 1.70 bits per heavy atom. The second-order valence-corrected chi connectivity index (χ2v) is 13.8. The minimum atomic E-state index is -1.05. The van der Waals surface area contributed by atoms with E-state index in [9.17, 15) is 29.1 Å². The third-order valence-electron chi connectivity index (χ3n) is 11.9. The molecule has 37 heavy (non-hydrogen) atoms. The zero-order valence-corrected chi connectivity index (χ0v) is 23.1. The van der Waals surface area contributed by atoms with Crippen molar-refractivity contribution >= 4 is 29.1 Å². The van der Waals surface area contributed by atoms with Gasteiger partial charge in [0.1, 0.15) is 23.0 Å². The summed E-state index contributed by atoms with van der Waals surface area (Å²) in [4.78, 5) is 65.0. The maximum atomic E-state index is 14.2. The fraction of sp³-hybridized carbons (Fsp3) is 0.767. The zero-order valence-electron chi connectivity index (χ0n) is 23.1. The lowest BCUT2D eigenvalue weighted by Gasteiger charge is -2.59. The second-order valence-electron chi connectivity index (χ2n) is 13.8. The van der Waals surface area contributed by atoms with E-state index in [0.717, 1.165) is 5.57 Å². The Balaban J connectivity index is 1.53. The van der Waals surface area contributed by atoms with Crippen molar-refractivity contribution in [2.24, 2.45) is 45.3 Å². The first-order chi connectivity index (χ1) is 17.0. The summed E-state index contributed by atoms with van der Waals surface area (Å²) in [6.45, 7) is 13.4. The maximum Gasteiger partial charge on any atom is 0.306 e. The van der Waals surface area contributed by atoms with Crippen molar-refractivity contribution in [3.8, 4) is 0 Å². The number of epoxide rings is 1. The number of carbonyl (C=O) groups excluding carboxylic acids is 4. The molecule has 9 atom stereocenters. The highest BCUT2D eigenvalue weighted by molar-refractivity contribution is 6.08. The number of hydrogen-bond donors (Lipinski definition) is 1. The van der Waals surface area contributed by atoms with Crippen LogP contribution in [-0.2, 0) is 28.7 Å². The first kappa shape index (κ1) is 26.5. The van der Waals surface area contributed by atoms with Crippen LogP contribution in [0.25, 0.3) is 0 Å². The van der Waals surface area contributed by atoms with Crippen molar-refractivity contribution < 1.29 is 33.8 Å². The number of carboxylic acid groups (broad SMARTS) is 1. The van der Waals surface area contributed by atoms with E-state index >= 15 is 0 Å². The van der Waals surface area contributed by atoms with E-state index in [1.165, 1.54) is 6.92 Å². The molecule has 0 aromatic carbocycles. The van der Waals surface area contributed by atoms with Crippen LogP contribution < -0.4 is 0 Å². The van der Waals surface area contributed by atoms with Gasteiger partial charge in [0.05, 0.1) is 17.4 Å². The molecule has 5 aliphatic rings. The molecule has 202 valence electrons. The molecule has 7 nitrogen and oxygen atoms in total. The molecule has 3 saturated carbocycles. The molecule has 0 amide bonds. The predicted molar refractivity (Wildman–Crippen MR) is 134 cm³/mol. The van der Waals surface area contributed by atoms with Crippen LogP contribution in [0.3, 0.4) is 0 Å². The lowest BCUT2D eigenvalue weighted by Crippen LogP contribution is -2.65. The number of rotatable bonds is 6. The highest BCUT2D eigenvalue weighted by Gasteiger charge is 2.86. The molecule has 9 unspecified atom stereocenters. The fourth-order valence-corrected chi connectivity index (χ4v) is 9.35. The van der Waals surface area contributed by atoms with Gasteiger partial charge in [0, 0.05) is 36.5 Å². The van der Waals surface area contributed by atoms with Crippen molar-refractivity contribution in [3.05, 3.63) is 11.6 Å². The summed E-state index contributed by atoms with van der Waals surface area (Å²) >= 11 is 0. The molecule has 1 spiro atoms. The highest BCUT2D eigenvalue weighted by atomic mass is 16.6. The molecule has 0 radical (unpaired) electrons. The molecule has 0 aromatic rings. The number of aliphatic carboxylic acids is 1. The van der Waals surface area contributed by atoms with Crippen molar-refractivity contribution in [1.29, 1.82) is 0 Å². The number of carboxylic acids is 1. The number of fused-ring (bicyclic) bond motifs is 3. The third-order valence-corrected chi connectivity index (χ3v) is 11.9. The van der Waals surface area contributed by atoms with E-state index in [-0.39, 0.29) is 66.3 Å². The summed E-state index contributed by atoms with van der Waals surface area (Å²) in [6.07, 6.45) is 3.60. The van der Waals surface area contributed by atoms with Gasteiger partial charge in [-0.15, -0.1) is 0 Å². The zero-order chi connectivity index (χ0) is 27.5. The van der Waals surface area contributed by atoms with Gasteiger partial charge in [-0.2, -0.15) is 0 Å². The van der Waals surface area contributed by atoms with Gasteiger partial charge in [-0.1, -0.05) is 41.5 Å². The molecule has 1 heterocycles. The minimum Gasteiger partial charge on any atom is -0.481 e. The number of Topliss-reactive ketones (excluding diaryl/α,β-unsaturated/α-hetero) is 3. The molecule has 1 N–H and O–H groups in total. The van der Waals surface area contributed by atoms with Gasteiger partial charge >= 0.3 is 5.97 Å². The van der Waals surface area contributed by atoms with E-state index in [2.05, 4.69) is 6.92 Å². The van der Waals surface area contributed by atoms with E-state index in [0.29, 0.717) is 19.3 Å². The molecule has 4 aliphatic carbocycles. The van der Waals surface area contributed by atoms with Gasteiger partial charge in [0.25, 0.3) is 0 Å². The van der Waals surface area contributed by atoms with Crippen LogP contribution in [-0.4, -0.2) is 45.9 Å². The topological polar surface area (TPSA) is 118 Å². The second kappa shape index (κ2) is 7.71. The van der Waals surface area contributed by atoms with Crippen LogP contribution in [0.1, 0.15) is 87.0 Å². The van der Waals surface area contributed by atoms with Crippen LogP contribution in [0.5, 0.6) is 0 Å². The van der Waals surface area contributed by atoms with Crippen molar-refractivity contribution in [2.45, 2.75) is 98.7 Å². The van der Waals surface area contributed by atoms with Gasteiger partial charge in [-0.3, -0.25) is 24.0 Å². The molecule has 5 rings (SSSR count). The van der Waals surface area contributed by atoms with Crippen molar-refractivity contribution in [2.75, 3.05) is 0 Å². The minimum absolute atomic E-state index is 0.00727. The van der Waals surface area contributed by atoms with Crippen LogP contribution >= 0.6 is 0 Å². The van der Waals surface area contributed by atoms with Crippen molar-refractivity contribution in [1.82, 2.24) is 0 Å². The first-order valence-corrected chi connectivity index (χ1v) is 13.8. The Bertz CT molecular complexity index is 1160. The summed E-state index contributed by atoms with van der Waals surface area (Å²) in [6, 6.07) is 0. The Hall–Kier alpha value is -2.15. The summed E-state index contributed by atoms with van der Waals surface area (Å²) < 4.78 is 6.56. The number of ketones is 4. The van der Waals surface area contributed by atoms with Crippen molar-refractivity contribution in [3.63, 3.8) is 0 Å². The van der Waals surface area contributed by atoms with E-state index in [4.69, 9.17) is 4.74 Å². The van der Waals surface area contributed by atoms with Gasteiger partial charge < -0.3 is 9.84 Å². The monoisotopic (exact) mass is 512 g/mol. The summed E-state index contributed by atoms with van der Waals surface area (Å²) in [7, 11) is 0. The fourth-order valence-electron chi connectivity index (χ4n) is 9.35. The molecule has 1 saturated heterocycles. The number of carbonyl (C=O) groups is 5. The van der Waals surface area contributed by atoms with E-state index in [1.54, 1.807) is 6.08 Å². The molecule has 4 fully saturated rings. The first-order valence-electron chi connectivity index (χ1n) is 13.8. The average Bonchev–Trinajstić information content (AvgIpc) is 3.49. The maximum absolute atomic E-state index is 14.2. The largest absolute Gasteiger partial charge is 0.481 e. The molecular weight excluding hydrogens is 472 g/mol. The molecular formula is C30H40O7. The van der Waals surface area contributed by atoms with Crippen LogP contribution in [0.2, 0.25) is 0 Å². The normalized spacial score (nSPS) is 45.1. The average molecular weight is 513 g/mol. The number of hydrogen-bond acceptors (Lipinski definition) is 6. The van der Waals surface area contributed by atoms with Gasteiger partial charge in [-0.25, -0.2) is 0 Å². The Labute approximate surface area is 218 Å². The molecule has 1 aliphatic heterocycles. The van der Waals surface area contributed by atoms with Gasteiger partial charge in [0.15, 0.2) is 5.78 Å². The standard InChI is InChI=1S/C30H40O7/c1-15(10-17(31)11-16(2)25(35)36)18-12-23(34)29(7)28(18,6)22(33)13-20-27(5)9-8-21(32)26(3,4)19(27)14-24-30(20,29)37-24/h13,15-16,18-19,24H,8-12,14H2,1-7H3,(H,35,36). The van der Waals surface area contributed by atoms with Crippen LogP contribution in [0.15, 0.2) is 11.6 Å². The van der Waals surface area contributed by atoms with Gasteiger partial charge in [0.2, 0.25) is 0 Å². The van der Waals surface area contributed by atoms with Crippen LogP contribution in [0, 0.1) is 45.3 Å². The molecule has 0 aromatic heterocycles. The lowest BCUT2D eigenvalue weighted by molar-refractivity contribution is -0.151. The number of ether oxygens (including phenoxy) is 1. The SMILES string of the molecule is CC(CC(=O)CC(C)C1CC(=O)C2(C)C1(C)C(=O)C=C1C3(C)CCC(=O)C(C)(C)C3CC3OC132)C(=O)O. The van der Waals surface area contributed by atoms with Crippen LogP contribution in [0.4, 0.5) is 0 Å². The summed E-state index contributed by atoms with van der Waals surface area (Å²) in [5, 5.41) is 9.19. The smallest absolute Gasteiger partial charge is 0.306 e. The van der Waals surface area contributed by atoms with E-state index < -0.39 is 39.1 Å².